The van der Waals surface area contributed by atoms with Gasteiger partial charge in [-0.3, -0.25) is 0 Å². The van der Waals surface area contributed by atoms with Crippen LogP contribution in [0.4, 0.5) is 0 Å². The number of aryl methyl sites for hydroxylation is 1. The zero-order chi connectivity index (χ0) is 15.3. The van der Waals surface area contributed by atoms with E-state index in [9.17, 15) is 0 Å². The molecular formula is C13H25BClN4O2+. The number of rotatable bonds is 3. The van der Waals surface area contributed by atoms with E-state index in [2.05, 4.69) is 30.9 Å². The molecule has 0 spiro atoms. The molecule has 2 aromatic heterocycles. The van der Waals surface area contributed by atoms with Crippen molar-refractivity contribution >= 4 is 7.25 Å². The lowest BCUT2D eigenvalue weighted by Crippen LogP contribution is -3.00. The lowest BCUT2D eigenvalue weighted by Gasteiger charge is -1.96. The Morgan fingerprint density at radius 2 is 1.38 bits per heavy atom. The second-order valence-electron chi connectivity index (χ2n) is 5.37. The molecule has 0 bridgehead atoms. The van der Waals surface area contributed by atoms with Gasteiger partial charge in [0.05, 0.1) is 19.1 Å². The molecule has 0 fully saturated rings. The van der Waals surface area contributed by atoms with Gasteiger partial charge < -0.3 is 22.5 Å². The van der Waals surface area contributed by atoms with E-state index in [0.29, 0.717) is 12.1 Å². The van der Waals surface area contributed by atoms with Crippen LogP contribution in [0, 0.1) is 0 Å². The fourth-order valence-electron chi connectivity index (χ4n) is 1.60. The van der Waals surface area contributed by atoms with Crippen molar-refractivity contribution in [3.63, 3.8) is 0 Å². The molecule has 0 aliphatic carbocycles. The largest absolute Gasteiger partial charge is 1.00 e. The third-order valence-electron chi connectivity index (χ3n) is 2.93. The predicted octanol–water partition coefficient (Wildman–Crippen LogP) is -2.93. The van der Waals surface area contributed by atoms with Gasteiger partial charge in [0, 0.05) is 0 Å². The fourth-order valence-corrected chi connectivity index (χ4v) is 1.60. The van der Waals surface area contributed by atoms with Gasteiger partial charge in [-0.2, -0.15) is 0 Å². The van der Waals surface area contributed by atoms with Crippen LogP contribution in [-0.2, 0) is 7.05 Å². The summed E-state index contributed by atoms with van der Waals surface area (Å²) in [6.45, 7) is 8.38. The van der Waals surface area contributed by atoms with E-state index >= 15 is 0 Å². The molecule has 0 aliphatic rings. The Balaban J connectivity index is 0.000000370. The van der Waals surface area contributed by atoms with Crippen LogP contribution in [0.15, 0.2) is 37.4 Å². The smallest absolute Gasteiger partial charge is 0.720 e. The van der Waals surface area contributed by atoms with Crippen molar-refractivity contribution in [1.29, 1.82) is 0 Å². The Morgan fingerprint density at radius 3 is 1.62 bits per heavy atom. The summed E-state index contributed by atoms with van der Waals surface area (Å²) in [5.74, 6) is 0. The molecule has 2 N–H and O–H groups in total. The van der Waals surface area contributed by atoms with Crippen molar-refractivity contribution in [1.82, 2.24) is 9.13 Å². The maximum Gasteiger partial charge on any atom is 0.720 e. The molecule has 0 radical (unpaired) electrons. The summed E-state index contributed by atoms with van der Waals surface area (Å²) in [6, 6.07) is 0.918. The van der Waals surface area contributed by atoms with Gasteiger partial charge >= 0.3 is 7.25 Å². The number of hydrogen-bond donors (Lipinski definition) is 2. The van der Waals surface area contributed by atoms with Crippen molar-refractivity contribution in [3.8, 4) is 0 Å². The molecule has 2 rings (SSSR count). The van der Waals surface area contributed by atoms with Gasteiger partial charge in [0.25, 0.3) is 0 Å². The van der Waals surface area contributed by atoms with Gasteiger partial charge in [0.1, 0.15) is 24.8 Å². The first kappa shape index (κ1) is 19.7. The minimum absolute atomic E-state index is 0. The Hall–Kier alpha value is -1.31. The van der Waals surface area contributed by atoms with Crippen LogP contribution in [0.3, 0.4) is 0 Å². The van der Waals surface area contributed by atoms with E-state index in [1.807, 2.05) is 36.2 Å². The van der Waals surface area contributed by atoms with Crippen molar-refractivity contribution < 1.29 is 31.5 Å². The standard InChI is InChI=1S/C7H13N2.C6H12BN2O2.ClH/c1-7(2)9-5-4-8(3)6-9;1-6(2)8-3-4-9(5-8)7(10)11;/h4-7H,1-3H3;3-6,10-11H,1-2H3;1H/q2*+1;/p-1. The van der Waals surface area contributed by atoms with Crippen LogP contribution in [0.25, 0.3) is 0 Å². The van der Waals surface area contributed by atoms with Crippen LogP contribution in [0.5, 0.6) is 0 Å². The van der Waals surface area contributed by atoms with E-state index in [4.69, 9.17) is 10.0 Å². The first-order chi connectivity index (χ1) is 9.31. The Morgan fingerprint density at radius 1 is 0.905 bits per heavy atom. The highest BCUT2D eigenvalue weighted by atomic mass is 35.5. The number of imidazole rings is 2. The third-order valence-corrected chi connectivity index (χ3v) is 2.93. The van der Waals surface area contributed by atoms with E-state index in [1.165, 1.54) is 4.48 Å². The minimum atomic E-state index is -1.44. The van der Waals surface area contributed by atoms with Gasteiger partial charge in [-0.25, -0.2) is 18.2 Å². The molecular weight excluding hydrogens is 290 g/mol. The summed E-state index contributed by atoms with van der Waals surface area (Å²) in [4.78, 5) is 0. The first-order valence-corrected chi connectivity index (χ1v) is 6.78. The molecule has 0 aliphatic heterocycles. The maximum absolute atomic E-state index is 8.72. The highest BCUT2D eigenvalue weighted by Gasteiger charge is 2.20. The fraction of sp³-hybridized carbons (Fsp3) is 0.538. The molecule has 2 aromatic rings. The monoisotopic (exact) mass is 315 g/mol. The predicted molar refractivity (Wildman–Crippen MR) is 76.6 cm³/mol. The second kappa shape index (κ2) is 8.87. The summed E-state index contributed by atoms with van der Waals surface area (Å²) in [7, 11) is 0.591. The van der Waals surface area contributed by atoms with Crippen molar-refractivity contribution in [2.24, 2.45) is 7.05 Å². The van der Waals surface area contributed by atoms with Crippen LogP contribution in [0.2, 0.25) is 0 Å². The molecule has 21 heavy (non-hydrogen) atoms. The molecule has 0 atom stereocenters. The van der Waals surface area contributed by atoms with Gasteiger partial charge in [0.15, 0.2) is 0 Å². The lowest BCUT2D eigenvalue weighted by molar-refractivity contribution is -0.671. The average molecular weight is 316 g/mol. The molecule has 6 nitrogen and oxygen atoms in total. The minimum Gasteiger partial charge on any atom is -1.00 e. The van der Waals surface area contributed by atoms with Crippen molar-refractivity contribution in [3.05, 3.63) is 37.4 Å². The van der Waals surface area contributed by atoms with Crippen LogP contribution in [-0.4, -0.2) is 26.4 Å². The highest BCUT2D eigenvalue weighted by Crippen LogP contribution is 1.99. The van der Waals surface area contributed by atoms with E-state index < -0.39 is 7.25 Å². The first-order valence-electron chi connectivity index (χ1n) is 6.78. The Kier molecular flexibility index (Phi) is 8.31. The molecule has 0 unspecified atom stereocenters. The number of hydrogen-bond acceptors (Lipinski definition) is 2. The molecule has 2 heterocycles. The zero-order valence-electron chi connectivity index (χ0n) is 13.3. The van der Waals surface area contributed by atoms with Crippen LogP contribution < -0.4 is 21.5 Å². The highest BCUT2D eigenvalue weighted by molar-refractivity contribution is 6.29. The van der Waals surface area contributed by atoms with E-state index in [1.54, 1.807) is 18.7 Å². The van der Waals surface area contributed by atoms with Crippen molar-refractivity contribution in [2.75, 3.05) is 0 Å². The van der Waals surface area contributed by atoms with E-state index in [0.717, 1.165) is 0 Å². The lowest BCUT2D eigenvalue weighted by atomic mass is 10.1. The molecule has 8 heteroatoms. The molecule has 0 saturated carbocycles. The van der Waals surface area contributed by atoms with Gasteiger partial charge in [0.2, 0.25) is 12.7 Å². The summed E-state index contributed by atoms with van der Waals surface area (Å²) in [5, 5.41) is 17.4. The van der Waals surface area contributed by atoms with E-state index in [-0.39, 0.29) is 12.4 Å². The summed E-state index contributed by atoms with van der Waals surface area (Å²) < 4.78 is 7.42. The quantitative estimate of drug-likeness (QED) is 0.471. The molecule has 118 valence electrons. The normalized spacial score (nSPS) is 10.1. The molecule has 0 amide bonds. The van der Waals surface area contributed by atoms with Gasteiger partial charge in [-0.15, -0.1) is 0 Å². The third kappa shape index (κ3) is 6.33. The average Bonchev–Trinajstić information content (AvgIpc) is 2.97. The Bertz CT molecular complexity index is 503. The molecule has 0 saturated heterocycles. The Labute approximate surface area is 132 Å². The second-order valence-corrected chi connectivity index (χ2v) is 5.37. The summed E-state index contributed by atoms with van der Waals surface area (Å²) >= 11 is 0. The maximum atomic E-state index is 8.72. The zero-order valence-corrected chi connectivity index (χ0v) is 14.0. The van der Waals surface area contributed by atoms with Gasteiger partial charge in [-0.1, -0.05) is 0 Å². The van der Waals surface area contributed by atoms with Crippen LogP contribution in [0.1, 0.15) is 39.8 Å². The number of nitrogens with zero attached hydrogens (tertiary/aromatic N) is 4. The SMILES string of the molecule is CC(C)n1cc[n+](B(O)O)c1.CC(C)n1cc[n+](C)c1.[Cl-]. The van der Waals surface area contributed by atoms with Crippen molar-refractivity contribution in [2.45, 2.75) is 39.8 Å². The number of aromatic nitrogens is 4. The summed E-state index contributed by atoms with van der Waals surface area (Å²) in [6.07, 6.45) is 11.2. The molecule has 0 aromatic carbocycles. The van der Waals surface area contributed by atoms with Gasteiger partial charge in [-0.05, 0) is 27.7 Å². The number of halogens is 1. The topological polar surface area (TPSA) is 58.1 Å². The summed E-state index contributed by atoms with van der Waals surface area (Å²) in [5.41, 5.74) is 0. The van der Waals surface area contributed by atoms with Crippen LogP contribution >= 0.6 is 0 Å².